The maximum atomic E-state index is 11.0. The lowest BCUT2D eigenvalue weighted by Crippen LogP contribution is -2.47. The molecule has 1 saturated carbocycles. The van der Waals surface area contributed by atoms with Crippen LogP contribution in [-0.2, 0) is 11.3 Å². The number of pyridine rings is 1. The highest BCUT2D eigenvalue weighted by Crippen LogP contribution is 2.33. The predicted molar refractivity (Wildman–Crippen MR) is 91.1 cm³/mol. The molecule has 2 fully saturated rings. The van der Waals surface area contributed by atoms with Crippen LogP contribution < -0.4 is 0 Å². The van der Waals surface area contributed by atoms with Crippen molar-refractivity contribution in [1.29, 1.82) is 0 Å². The van der Waals surface area contributed by atoms with Gasteiger partial charge < -0.3 is 9.84 Å². The van der Waals surface area contributed by atoms with Crippen LogP contribution in [0.25, 0.3) is 0 Å². The molecule has 1 aliphatic carbocycles. The summed E-state index contributed by atoms with van der Waals surface area (Å²) in [5, 5.41) is 11.0. The van der Waals surface area contributed by atoms with Gasteiger partial charge in [0.15, 0.2) is 0 Å². The van der Waals surface area contributed by atoms with Crippen molar-refractivity contribution in [3.8, 4) is 0 Å². The molecule has 1 atom stereocenters. The fourth-order valence-corrected chi connectivity index (χ4v) is 3.88. The lowest BCUT2D eigenvalue weighted by Gasteiger charge is -2.39. The maximum Gasteiger partial charge on any atom is 0.0774 e. The Morgan fingerprint density at radius 1 is 1.35 bits per heavy atom. The molecule has 3 rings (SSSR count). The van der Waals surface area contributed by atoms with Crippen molar-refractivity contribution in [2.24, 2.45) is 5.92 Å². The summed E-state index contributed by atoms with van der Waals surface area (Å²) in [6.45, 7) is 5.67. The minimum absolute atomic E-state index is 0.317. The van der Waals surface area contributed by atoms with Gasteiger partial charge in [-0.3, -0.25) is 9.88 Å². The number of aromatic nitrogens is 1. The number of nitrogens with zero attached hydrogens (tertiary/aromatic N) is 2. The number of aliphatic hydroxyl groups is 1. The zero-order valence-electron chi connectivity index (χ0n) is 14.3. The van der Waals surface area contributed by atoms with E-state index in [4.69, 9.17) is 4.74 Å². The smallest absolute Gasteiger partial charge is 0.0774 e. The van der Waals surface area contributed by atoms with Crippen LogP contribution in [-0.4, -0.2) is 46.4 Å². The fourth-order valence-electron chi connectivity index (χ4n) is 3.88. The highest BCUT2D eigenvalue weighted by atomic mass is 16.5. The van der Waals surface area contributed by atoms with E-state index in [2.05, 4.69) is 22.9 Å². The molecule has 0 radical (unpaired) electrons. The third-order valence-corrected chi connectivity index (χ3v) is 5.34. The van der Waals surface area contributed by atoms with Gasteiger partial charge in [-0.25, -0.2) is 0 Å². The Morgan fingerprint density at radius 2 is 2.17 bits per heavy atom. The average Bonchev–Trinajstić information content (AvgIpc) is 3.04. The molecular formula is C19H30N2O2. The zero-order chi connectivity index (χ0) is 16.1. The molecule has 2 heterocycles. The van der Waals surface area contributed by atoms with Crippen molar-refractivity contribution in [3.63, 3.8) is 0 Å². The minimum Gasteiger partial charge on any atom is -0.389 e. The van der Waals surface area contributed by atoms with Crippen molar-refractivity contribution < 1.29 is 9.84 Å². The molecule has 1 N–H and O–H groups in total. The topological polar surface area (TPSA) is 45.6 Å². The molecule has 128 valence electrons. The third kappa shape index (κ3) is 5.00. The first-order chi connectivity index (χ1) is 11.1. The Morgan fingerprint density at radius 3 is 2.83 bits per heavy atom. The second-order valence-corrected chi connectivity index (χ2v) is 7.57. The highest BCUT2D eigenvalue weighted by Gasteiger charge is 2.34. The first-order valence-corrected chi connectivity index (χ1v) is 9.08. The van der Waals surface area contributed by atoms with Crippen LogP contribution in [0, 0.1) is 5.92 Å². The first-order valence-electron chi connectivity index (χ1n) is 9.08. The van der Waals surface area contributed by atoms with E-state index in [1.807, 2.05) is 18.5 Å². The number of rotatable bonds is 6. The second-order valence-electron chi connectivity index (χ2n) is 7.57. The van der Waals surface area contributed by atoms with Crippen LogP contribution in [0.3, 0.4) is 0 Å². The van der Waals surface area contributed by atoms with Gasteiger partial charge in [0, 0.05) is 38.6 Å². The summed E-state index contributed by atoms with van der Waals surface area (Å²) in [4.78, 5) is 6.60. The summed E-state index contributed by atoms with van der Waals surface area (Å²) in [6, 6.07) is 4.10. The predicted octanol–water partition coefficient (Wildman–Crippen LogP) is 3.00. The van der Waals surface area contributed by atoms with E-state index in [9.17, 15) is 5.11 Å². The van der Waals surface area contributed by atoms with Crippen molar-refractivity contribution in [3.05, 3.63) is 30.1 Å². The van der Waals surface area contributed by atoms with Gasteiger partial charge in [0.05, 0.1) is 11.7 Å². The Bertz CT molecular complexity index is 466. The molecule has 23 heavy (non-hydrogen) atoms. The average molecular weight is 318 g/mol. The van der Waals surface area contributed by atoms with Gasteiger partial charge in [-0.1, -0.05) is 13.0 Å². The molecule has 1 saturated heterocycles. The van der Waals surface area contributed by atoms with Gasteiger partial charge in [-0.05, 0) is 56.1 Å². The summed E-state index contributed by atoms with van der Waals surface area (Å²) in [7, 11) is 0. The third-order valence-electron chi connectivity index (χ3n) is 5.34. The summed E-state index contributed by atoms with van der Waals surface area (Å²) in [6.07, 6.45) is 10.5. The molecular weight excluding hydrogens is 288 g/mol. The van der Waals surface area contributed by atoms with E-state index in [0.29, 0.717) is 6.10 Å². The molecule has 1 unspecified atom stereocenters. The van der Waals surface area contributed by atoms with E-state index >= 15 is 0 Å². The summed E-state index contributed by atoms with van der Waals surface area (Å²) < 4.78 is 5.82. The molecule has 0 aromatic carbocycles. The van der Waals surface area contributed by atoms with Crippen molar-refractivity contribution in [1.82, 2.24) is 9.88 Å². The monoisotopic (exact) mass is 318 g/mol. The molecule has 4 heteroatoms. The Kier molecular flexibility index (Phi) is 5.67. The molecule has 2 aliphatic rings. The minimum atomic E-state index is -0.534. The molecule has 0 amide bonds. The highest BCUT2D eigenvalue weighted by molar-refractivity contribution is 5.08. The van der Waals surface area contributed by atoms with E-state index in [1.165, 1.54) is 5.56 Å². The van der Waals surface area contributed by atoms with Gasteiger partial charge in [-0.15, -0.1) is 0 Å². The van der Waals surface area contributed by atoms with Gasteiger partial charge >= 0.3 is 0 Å². The van der Waals surface area contributed by atoms with E-state index < -0.39 is 5.60 Å². The summed E-state index contributed by atoms with van der Waals surface area (Å²) in [5.41, 5.74) is 0.672. The molecule has 0 bridgehead atoms. The van der Waals surface area contributed by atoms with Crippen LogP contribution in [0.1, 0.15) is 51.0 Å². The zero-order valence-corrected chi connectivity index (χ0v) is 14.3. The lowest BCUT2D eigenvalue weighted by molar-refractivity contribution is -0.0459. The number of ether oxygens (including phenoxy) is 1. The first kappa shape index (κ1) is 16.9. The number of hydrogen-bond acceptors (Lipinski definition) is 4. The molecule has 0 spiro atoms. The van der Waals surface area contributed by atoms with Crippen LogP contribution in [0.5, 0.6) is 0 Å². The van der Waals surface area contributed by atoms with Crippen LogP contribution in [0.2, 0.25) is 0 Å². The summed E-state index contributed by atoms with van der Waals surface area (Å²) in [5.74, 6) is 0.750. The van der Waals surface area contributed by atoms with Crippen LogP contribution in [0.4, 0.5) is 0 Å². The number of hydrogen-bond donors (Lipinski definition) is 1. The van der Waals surface area contributed by atoms with Crippen molar-refractivity contribution >= 4 is 0 Å². The Balaban J connectivity index is 1.64. The van der Waals surface area contributed by atoms with Crippen molar-refractivity contribution in [2.45, 2.75) is 63.7 Å². The van der Waals surface area contributed by atoms with Crippen molar-refractivity contribution in [2.75, 3.05) is 19.7 Å². The van der Waals surface area contributed by atoms with Gasteiger partial charge in [0.2, 0.25) is 0 Å². The summed E-state index contributed by atoms with van der Waals surface area (Å²) >= 11 is 0. The van der Waals surface area contributed by atoms with E-state index in [0.717, 1.165) is 70.7 Å². The molecule has 1 aromatic rings. The van der Waals surface area contributed by atoms with E-state index in [1.54, 1.807) is 0 Å². The van der Waals surface area contributed by atoms with Gasteiger partial charge in [-0.2, -0.15) is 0 Å². The van der Waals surface area contributed by atoms with Gasteiger partial charge in [0.25, 0.3) is 0 Å². The SMILES string of the molecule is CC1CCC(O)(CN(Cc2cccnc2)CC2CCCO2)CC1. The van der Waals surface area contributed by atoms with E-state index in [-0.39, 0.29) is 0 Å². The normalized spacial score (nSPS) is 31.6. The Hall–Kier alpha value is -0.970. The quantitative estimate of drug-likeness (QED) is 0.876. The molecule has 1 aliphatic heterocycles. The second kappa shape index (κ2) is 7.73. The molecule has 4 nitrogen and oxygen atoms in total. The van der Waals surface area contributed by atoms with Gasteiger partial charge in [0.1, 0.15) is 0 Å². The largest absolute Gasteiger partial charge is 0.389 e. The standard InChI is InChI=1S/C19H30N2O2/c1-16-6-8-19(22,9-7-16)15-21(14-18-5-3-11-23-18)13-17-4-2-10-20-12-17/h2,4,10,12,16,18,22H,3,5-9,11,13-15H2,1H3. The van der Waals surface area contributed by atoms with Crippen LogP contribution in [0.15, 0.2) is 24.5 Å². The lowest BCUT2D eigenvalue weighted by atomic mass is 9.79. The van der Waals surface area contributed by atoms with Crippen LogP contribution >= 0.6 is 0 Å². The molecule has 1 aromatic heterocycles. The Labute approximate surface area is 139 Å². The fraction of sp³-hybridized carbons (Fsp3) is 0.737. The maximum absolute atomic E-state index is 11.0.